The number of sulfonamides is 1. The molecule has 1 heterocycles. The van der Waals surface area contributed by atoms with Crippen molar-refractivity contribution in [3.05, 3.63) is 40.8 Å². The molecule has 0 aliphatic carbocycles. The zero-order valence-electron chi connectivity index (χ0n) is 12.5. The second-order valence-electron chi connectivity index (χ2n) is 4.84. The van der Waals surface area contributed by atoms with E-state index in [1.807, 2.05) is 20.8 Å². The summed E-state index contributed by atoms with van der Waals surface area (Å²) in [6, 6.07) is 4.99. The molecule has 1 aromatic heterocycles. The summed E-state index contributed by atoms with van der Waals surface area (Å²) in [5.74, 6) is 0.761. The van der Waals surface area contributed by atoms with Gasteiger partial charge in [-0.1, -0.05) is 11.2 Å². The highest BCUT2D eigenvalue weighted by molar-refractivity contribution is 7.89. The van der Waals surface area contributed by atoms with Crippen molar-refractivity contribution in [2.45, 2.75) is 32.2 Å². The lowest BCUT2D eigenvalue weighted by Gasteiger charge is -2.11. The van der Waals surface area contributed by atoms with Crippen LogP contribution in [0.15, 0.2) is 27.6 Å². The van der Waals surface area contributed by atoms with E-state index in [2.05, 4.69) is 15.2 Å². The fraction of sp³-hybridized carbons (Fsp3) is 0.357. The number of nitrogens with zero attached hydrogens (tertiary/aromatic N) is 1. The SMILES string of the molecule is CNS(=O)(=O)c1ccc(C)c(NCc2c(C)noc2C)c1. The first-order valence-corrected chi connectivity index (χ1v) is 8.03. The summed E-state index contributed by atoms with van der Waals surface area (Å²) in [6.45, 7) is 6.19. The molecule has 0 bridgehead atoms. The Morgan fingerprint density at radius 2 is 1.95 bits per heavy atom. The highest BCUT2D eigenvalue weighted by Gasteiger charge is 2.14. The molecule has 2 N–H and O–H groups in total. The van der Waals surface area contributed by atoms with Crippen LogP contribution in [0.1, 0.15) is 22.6 Å². The smallest absolute Gasteiger partial charge is 0.240 e. The molecule has 0 aliphatic rings. The standard InChI is InChI=1S/C14H19N3O3S/c1-9-5-6-12(21(18,19)15-4)7-14(9)16-8-13-10(2)17-20-11(13)3/h5-7,15-16H,8H2,1-4H3. The predicted molar refractivity (Wildman–Crippen MR) is 80.7 cm³/mol. The summed E-state index contributed by atoms with van der Waals surface area (Å²) < 4.78 is 31.1. The maximum Gasteiger partial charge on any atom is 0.240 e. The summed E-state index contributed by atoms with van der Waals surface area (Å²) in [5, 5.41) is 7.14. The average molecular weight is 309 g/mol. The van der Waals surface area contributed by atoms with Gasteiger partial charge < -0.3 is 9.84 Å². The molecule has 0 atom stereocenters. The van der Waals surface area contributed by atoms with Crippen molar-refractivity contribution in [2.24, 2.45) is 0 Å². The Morgan fingerprint density at radius 3 is 2.52 bits per heavy atom. The number of hydrogen-bond acceptors (Lipinski definition) is 5. The number of benzene rings is 1. The fourth-order valence-corrected chi connectivity index (χ4v) is 2.77. The molecule has 0 saturated heterocycles. The van der Waals surface area contributed by atoms with Gasteiger partial charge in [0.15, 0.2) is 0 Å². The topological polar surface area (TPSA) is 84.2 Å². The number of aromatic nitrogens is 1. The lowest BCUT2D eigenvalue weighted by atomic mass is 10.1. The third-order valence-corrected chi connectivity index (χ3v) is 4.84. The van der Waals surface area contributed by atoms with Crippen LogP contribution in [0.4, 0.5) is 5.69 Å². The van der Waals surface area contributed by atoms with Gasteiger partial charge in [-0.05, 0) is 45.5 Å². The van der Waals surface area contributed by atoms with Gasteiger partial charge in [0.25, 0.3) is 0 Å². The largest absolute Gasteiger partial charge is 0.381 e. The number of aryl methyl sites for hydroxylation is 3. The van der Waals surface area contributed by atoms with E-state index in [-0.39, 0.29) is 4.90 Å². The Kier molecular flexibility index (Phi) is 4.34. The van der Waals surface area contributed by atoms with Gasteiger partial charge in [0, 0.05) is 17.8 Å². The van der Waals surface area contributed by atoms with E-state index in [4.69, 9.17) is 4.52 Å². The monoisotopic (exact) mass is 309 g/mol. The third-order valence-electron chi connectivity index (χ3n) is 3.42. The minimum Gasteiger partial charge on any atom is -0.381 e. The molecule has 7 heteroatoms. The summed E-state index contributed by atoms with van der Waals surface area (Å²) in [4.78, 5) is 0.233. The highest BCUT2D eigenvalue weighted by Crippen LogP contribution is 2.22. The Morgan fingerprint density at radius 1 is 1.24 bits per heavy atom. The van der Waals surface area contributed by atoms with E-state index in [1.165, 1.54) is 7.05 Å². The van der Waals surface area contributed by atoms with Crippen LogP contribution in [0.5, 0.6) is 0 Å². The molecule has 2 rings (SSSR count). The van der Waals surface area contributed by atoms with Gasteiger partial charge in [-0.25, -0.2) is 13.1 Å². The molecule has 0 unspecified atom stereocenters. The van der Waals surface area contributed by atoms with Crippen molar-refractivity contribution in [3.8, 4) is 0 Å². The molecule has 0 fully saturated rings. The van der Waals surface area contributed by atoms with E-state index in [1.54, 1.807) is 18.2 Å². The van der Waals surface area contributed by atoms with Crippen molar-refractivity contribution in [3.63, 3.8) is 0 Å². The van der Waals surface area contributed by atoms with E-state index in [0.29, 0.717) is 6.54 Å². The fourth-order valence-electron chi connectivity index (χ4n) is 2.01. The van der Waals surface area contributed by atoms with Crippen LogP contribution in [-0.2, 0) is 16.6 Å². The first-order valence-electron chi connectivity index (χ1n) is 6.55. The molecule has 0 amide bonds. The summed E-state index contributed by atoms with van der Waals surface area (Å²) in [6.07, 6.45) is 0. The van der Waals surface area contributed by atoms with Crippen molar-refractivity contribution >= 4 is 15.7 Å². The van der Waals surface area contributed by atoms with Crippen molar-refractivity contribution in [2.75, 3.05) is 12.4 Å². The molecule has 6 nitrogen and oxygen atoms in total. The Bertz CT molecular complexity index is 731. The minimum atomic E-state index is -3.45. The lowest BCUT2D eigenvalue weighted by Crippen LogP contribution is -2.18. The maximum atomic E-state index is 11.8. The second kappa shape index (κ2) is 5.87. The second-order valence-corrected chi connectivity index (χ2v) is 6.73. The van der Waals surface area contributed by atoms with Crippen LogP contribution in [0.3, 0.4) is 0 Å². The molecule has 114 valence electrons. The van der Waals surface area contributed by atoms with E-state index in [0.717, 1.165) is 28.3 Å². The molecule has 1 aromatic carbocycles. The van der Waals surface area contributed by atoms with Crippen molar-refractivity contribution in [1.82, 2.24) is 9.88 Å². The first kappa shape index (κ1) is 15.5. The van der Waals surface area contributed by atoms with Crippen LogP contribution >= 0.6 is 0 Å². The third kappa shape index (κ3) is 3.25. The van der Waals surface area contributed by atoms with Crippen molar-refractivity contribution < 1.29 is 12.9 Å². The molecule has 2 aromatic rings. The quantitative estimate of drug-likeness (QED) is 0.884. The van der Waals surface area contributed by atoms with Gasteiger partial charge in [0.05, 0.1) is 10.6 Å². The summed E-state index contributed by atoms with van der Waals surface area (Å²) in [5.41, 5.74) is 3.55. The zero-order chi connectivity index (χ0) is 15.6. The first-order chi connectivity index (χ1) is 9.85. The van der Waals surface area contributed by atoms with E-state index < -0.39 is 10.0 Å². The molecule has 0 radical (unpaired) electrons. The number of rotatable bonds is 5. The summed E-state index contributed by atoms with van der Waals surface area (Å²) >= 11 is 0. The van der Waals surface area contributed by atoms with Crippen LogP contribution < -0.4 is 10.0 Å². The molecular weight excluding hydrogens is 290 g/mol. The lowest BCUT2D eigenvalue weighted by molar-refractivity contribution is 0.392. The Balaban J connectivity index is 2.26. The Labute approximate surface area is 124 Å². The van der Waals surface area contributed by atoms with Crippen LogP contribution in [0, 0.1) is 20.8 Å². The van der Waals surface area contributed by atoms with Crippen LogP contribution in [-0.4, -0.2) is 20.6 Å². The number of nitrogens with one attached hydrogen (secondary N) is 2. The zero-order valence-corrected chi connectivity index (χ0v) is 13.3. The molecule has 21 heavy (non-hydrogen) atoms. The minimum absolute atomic E-state index is 0.233. The summed E-state index contributed by atoms with van der Waals surface area (Å²) in [7, 11) is -2.05. The van der Waals surface area contributed by atoms with Gasteiger partial charge in [-0.15, -0.1) is 0 Å². The van der Waals surface area contributed by atoms with Gasteiger partial charge in [-0.2, -0.15) is 0 Å². The Hall–Kier alpha value is -1.86. The van der Waals surface area contributed by atoms with Crippen LogP contribution in [0.25, 0.3) is 0 Å². The molecule has 0 saturated carbocycles. The molecule has 0 spiro atoms. The van der Waals surface area contributed by atoms with Crippen LogP contribution in [0.2, 0.25) is 0 Å². The predicted octanol–water partition coefficient (Wildman–Crippen LogP) is 2.12. The van der Waals surface area contributed by atoms with E-state index >= 15 is 0 Å². The number of hydrogen-bond donors (Lipinski definition) is 2. The van der Waals surface area contributed by atoms with Gasteiger partial charge in [0.2, 0.25) is 10.0 Å². The molecule has 0 aliphatic heterocycles. The van der Waals surface area contributed by atoms with Gasteiger partial charge in [-0.3, -0.25) is 0 Å². The van der Waals surface area contributed by atoms with E-state index in [9.17, 15) is 8.42 Å². The van der Waals surface area contributed by atoms with Gasteiger partial charge >= 0.3 is 0 Å². The van der Waals surface area contributed by atoms with Gasteiger partial charge in [0.1, 0.15) is 5.76 Å². The number of anilines is 1. The molecular formula is C14H19N3O3S. The maximum absolute atomic E-state index is 11.8. The highest BCUT2D eigenvalue weighted by atomic mass is 32.2. The van der Waals surface area contributed by atoms with Crippen molar-refractivity contribution in [1.29, 1.82) is 0 Å². The average Bonchev–Trinajstić information content (AvgIpc) is 2.77. The normalized spacial score (nSPS) is 11.6.